The van der Waals surface area contributed by atoms with Gasteiger partial charge in [-0.25, -0.2) is 0 Å². The van der Waals surface area contributed by atoms with Crippen molar-refractivity contribution in [3.05, 3.63) is 169 Å². The monoisotopic (exact) mass is 948 g/mol. The normalized spacial score (nSPS) is 15.3. The number of rotatable bonds is 6. The molecule has 10 aromatic rings. The number of phenolic OH excluding ortho intramolecular Hbond substituents is 2. The van der Waals surface area contributed by atoms with Crippen LogP contribution >= 0.6 is 36.9 Å². The topological polar surface area (TPSA) is 50.3 Å². The Morgan fingerprint density at radius 1 is 0.475 bits per heavy atom. The molecule has 0 spiro atoms. The molecule has 4 nitrogen and oxygen atoms in total. The first-order valence-corrected chi connectivity index (χ1v) is 30.6. The third kappa shape index (κ3) is 7.01. The fourth-order valence-electron chi connectivity index (χ4n) is 8.99. The molecule has 0 fully saturated rings. The van der Waals surface area contributed by atoms with E-state index >= 15 is 0 Å². The first-order chi connectivity index (χ1) is 28.9. The zero-order chi connectivity index (χ0) is 39.8. The summed E-state index contributed by atoms with van der Waals surface area (Å²) in [6.45, 7) is 4.31. The van der Waals surface area contributed by atoms with Crippen molar-refractivity contribution in [1.29, 1.82) is 0 Å². The summed E-state index contributed by atoms with van der Waals surface area (Å²) in [6, 6.07) is 42.7. The van der Waals surface area contributed by atoms with Gasteiger partial charge < -0.3 is 14.9 Å². The number of nitrogens with zero attached hydrogens (tertiary/aromatic N) is 2. The number of fused-ring (bicyclic) bond motifs is 6. The largest absolute Gasteiger partial charge is 0.358 e. The van der Waals surface area contributed by atoms with E-state index in [0.29, 0.717) is 11.5 Å². The minimum atomic E-state index is -1.04. The van der Waals surface area contributed by atoms with Gasteiger partial charge in [-0.3, -0.25) is 0 Å². The average molecular weight is 950 g/mol. The number of thiophene rings is 2. The summed E-state index contributed by atoms with van der Waals surface area (Å²) in [5.41, 5.74) is 12.6. The van der Waals surface area contributed by atoms with Crippen LogP contribution in [0.1, 0.15) is 24.0 Å². The summed E-state index contributed by atoms with van der Waals surface area (Å²) in [7, 11) is 0.309. The maximum Gasteiger partial charge on any atom is -0.358 e. The van der Waals surface area contributed by atoms with E-state index in [1.165, 1.54) is 66.8 Å². The van der Waals surface area contributed by atoms with Crippen molar-refractivity contribution in [1.82, 2.24) is 9.13 Å². The zero-order valence-electron chi connectivity index (χ0n) is 34.6. The molecule has 0 saturated heterocycles. The third-order valence-electron chi connectivity index (χ3n) is 11.6. The second-order valence-corrected chi connectivity index (χ2v) is 31.7. The molecule has 61 heavy (non-hydrogen) atoms. The van der Waals surface area contributed by atoms with Crippen molar-refractivity contribution < 1.29 is 29.4 Å². The van der Waals surface area contributed by atoms with Gasteiger partial charge in [0.15, 0.2) is 0 Å². The summed E-state index contributed by atoms with van der Waals surface area (Å²) in [5, 5.41) is 38.8. The molecule has 0 aliphatic carbocycles. The van der Waals surface area contributed by atoms with Crippen LogP contribution in [0.15, 0.2) is 153 Å². The van der Waals surface area contributed by atoms with Crippen molar-refractivity contribution in [3.63, 3.8) is 0 Å². The van der Waals surface area contributed by atoms with Gasteiger partial charge in [0, 0.05) is 0 Å². The molecule has 306 valence electrons. The van der Waals surface area contributed by atoms with E-state index < -0.39 is 19.2 Å². The van der Waals surface area contributed by atoms with E-state index in [0.717, 1.165) is 55.7 Å². The smallest absolute Gasteiger partial charge is 0.358 e. The van der Waals surface area contributed by atoms with Gasteiger partial charge in [-0.15, -0.1) is 0 Å². The third-order valence-corrected chi connectivity index (χ3v) is 33.3. The van der Waals surface area contributed by atoms with Gasteiger partial charge >= 0.3 is 366 Å². The minimum Gasteiger partial charge on any atom is -0.358 e. The predicted molar refractivity (Wildman–Crippen MR) is 265 cm³/mol. The standard InChI is InChI=1S/C50H40N2O2S4.2CH3.Zr/c1-31-23-37(49(53)45(25-31)51-41-17-7-3-13-33(41)34-14-4-8-18-42(34)51)39-27-55-29-47(39)57-21-11-12-22-58-48-30-56-28-40(48)38-24-32(2)26-46(50(38)54)52-43-19-9-5-15-35(43)36-16-6-10-20-44(36)52;;;/h3-10,13-20,23-30,53-54H,11-12,21-22H2,1-2H3;2*1H3;/q;2*-1;. The molecule has 0 bridgehead atoms. The molecule has 1 aliphatic rings. The molecule has 5 heterocycles. The van der Waals surface area contributed by atoms with E-state index in [-0.39, 0.29) is 29.1 Å². The quantitative estimate of drug-likeness (QED) is 0.163. The summed E-state index contributed by atoms with van der Waals surface area (Å²) in [6.07, 6.45) is 2.45. The van der Waals surface area contributed by atoms with Crippen molar-refractivity contribution in [2.45, 2.75) is 36.5 Å². The first kappa shape index (κ1) is 41.8. The van der Waals surface area contributed by atoms with Crippen LogP contribution < -0.4 is 0 Å². The number of aromatic hydroxyl groups is 2. The van der Waals surface area contributed by atoms with E-state index in [1.807, 2.05) is 0 Å². The fourth-order valence-corrected chi connectivity index (χ4v) is 35.4. The number of hydrogen-bond donors (Lipinski definition) is 2. The van der Waals surface area contributed by atoms with E-state index in [1.54, 1.807) is 22.7 Å². The van der Waals surface area contributed by atoms with Crippen LogP contribution in [0.5, 0.6) is 11.5 Å². The number of hydrogen-bond acceptors (Lipinski definition) is 4. The molecule has 4 aromatic heterocycles. The SMILES string of the molecule is Cc1cc(-c2cscc2[S]2=[Zr]=[S](c3cscc3-c3cc(C)cc(-n4c5ccccc5c5ccccc54)c3O)CCCC2)c(O)c(-n2c3ccccc3c3ccccc32)c1.[CH3-].[CH3-]. The number of phenols is 2. The molecule has 2 atom stereocenters. The average Bonchev–Trinajstić information content (AvgIpc) is 4.04. The Hall–Kier alpha value is -4.50. The van der Waals surface area contributed by atoms with E-state index in [9.17, 15) is 10.2 Å². The van der Waals surface area contributed by atoms with Crippen LogP contribution in [0.3, 0.4) is 0 Å². The molecule has 1 aliphatic heterocycles. The molecule has 9 heteroatoms. The minimum absolute atomic E-state index is 0. The zero-order valence-corrected chi connectivity index (χ0v) is 40.3. The van der Waals surface area contributed by atoms with Crippen LogP contribution in [0.2, 0.25) is 0 Å². The van der Waals surface area contributed by atoms with Crippen LogP contribution in [0, 0.1) is 28.7 Å². The summed E-state index contributed by atoms with van der Waals surface area (Å²) in [4.78, 5) is 2.89. The Morgan fingerprint density at radius 3 is 1.18 bits per heavy atom. The summed E-state index contributed by atoms with van der Waals surface area (Å²) in [5.74, 6) is 3.13. The van der Waals surface area contributed by atoms with Crippen LogP contribution in [-0.4, -0.2) is 30.9 Å². The number of benzene rings is 6. The maximum atomic E-state index is 12.4. The van der Waals surface area contributed by atoms with Crippen LogP contribution in [-0.2, 0) is 19.2 Å². The maximum absolute atomic E-state index is 12.4. The molecule has 0 radical (unpaired) electrons. The Balaban J connectivity index is 0.00000238. The number of aryl methyl sites for hydroxylation is 2. The summed E-state index contributed by atoms with van der Waals surface area (Å²) >= 11 is 2.51. The molecular weight excluding hydrogens is 904 g/mol. The Morgan fingerprint density at radius 2 is 0.820 bits per heavy atom. The molecule has 0 amide bonds. The Kier molecular flexibility index (Phi) is 11.7. The van der Waals surface area contributed by atoms with E-state index in [2.05, 4.69) is 166 Å². The van der Waals surface area contributed by atoms with Gasteiger partial charge in [-0.05, 0) is 0 Å². The van der Waals surface area contributed by atoms with Crippen molar-refractivity contribution in [3.8, 4) is 45.1 Å². The van der Waals surface area contributed by atoms with Gasteiger partial charge in [0.05, 0.1) is 0 Å². The first-order valence-electron chi connectivity index (χ1n) is 19.9. The van der Waals surface area contributed by atoms with Gasteiger partial charge in [-0.1, -0.05) is 0 Å². The van der Waals surface area contributed by atoms with Gasteiger partial charge in [0.25, 0.3) is 0 Å². The van der Waals surface area contributed by atoms with Crippen LogP contribution in [0.25, 0.3) is 77.2 Å². The Bertz CT molecular complexity index is 3070. The van der Waals surface area contributed by atoms with Crippen molar-refractivity contribution in [2.24, 2.45) is 0 Å². The second-order valence-electron chi connectivity index (χ2n) is 15.4. The molecule has 0 saturated carbocycles. The van der Waals surface area contributed by atoms with Gasteiger partial charge in [-0.2, -0.15) is 0 Å². The molecule has 6 aromatic carbocycles. The van der Waals surface area contributed by atoms with Crippen molar-refractivity contribution in [2.75, 3.05) is 11.5 Å². The number of para-hydroxylation sites is 4. The summed E-state index contributed by atoms with van der Waals surface area (Å²) < 4.78 is 4.49. The predicted octanol–water partition coefficient (Wildman–Crippen LogP) is 15.9. The molecule has 11 rings (SSSR count). The molecule has 2 N–H and O–H groups in total. The Labute approximate surface area is 377 Å². The van der Waals surface area contributed by atoms with E-state index in [4.69, 9.17) is 0 Å². The number of aromatic nitrogens is 2. The van der Waals surface area contributed by atoms with Crippen LogP contribution in [0.4, 0.5) is 0 Å². The second kappa shape index (κ2) is 17.0. The van der Waals surface area contributed by atoms with Gasteiger partial charge in [0.2, 0.25) is 0 Å². The van der Waals surface area contributed by atoms with Crippen molar-refractivity contribution >= 4 is 80.5 Å². The van der Waals surface area contributed by atoms with Gasteiger partial charge in [0.1, 0.15) is 0 Å². The fraction of sp³-hybridized carbons (Fsp3) is 0.115. The molecule has 2 unspecified atom stereocenters. The molecular formula is C52H46N2O2S4Zr-2.